The van der Waals surface area contributed by atoms with Gasteiger partial charge in [0.2, 0.25) is 0 Å². The quantitative estimate of drug-likeness (QED) is 0.869. The molecule has 5 heteroatoms. The van der Waals surface area contributed by atoms with E-state index in [-0.39, 0.29) is 12.0 Å². The van der Waals surface area contributed by atoms with Gasteiger partial charge < -0.3 is 10.0 Å². The molecule has 2 aliphatic rings. The van der Waals surface area contributed by atoms with Gasteiger partial charge in [-0.2, -0.15) is 5.10 Å². The van der Waals surface area contributed by atoms with Crippen LogP contribution in [-0.2, 0) is 0 Å². The van der Waals surface area contributed by atoms with E-state index in [1.807, 2.05) is 6.07 Å². The lowest BCUT2D eigenvalue weighted by Crippen LogP contribution is -2.42. The molecule has 1 aliphatic heterocycles. The Morgan fingerprint density at radius 3 is 2.80 bits per heavy atom. The van der Waals surface area contributed by atoms with Crippen molar-refractivity contribution in [3.8, 4) is 0 Å². The summed E-state index contributed by atoms with van der Waals surface area (Å²) in [5, 5.41) is 16.9. The van der Waals surface area contributed by atoms with Crippen LogP contribution in [0.1, 0.15) is 67.0 Å². The van der Waals surface area contributed by atoms with Crippen molar-refractivity contribution in [3.63, 3.8) is 0 Å². The molecular formula is C15H23N3O2. The number of aromatic amines is 1. The number of carbonyl (C=O) groups is 1. The zero-order valence-electron chi connectivity index (χ0n) is 11.8. The van der Waals surface area contributed by atoms with E-state index in [0.717, 1.165) is 25.1 Å². The molecule has 2 heterocycles. The summed E-state index contributed by atoms with van der Waals surface area (Å²) in [6, 6.07) is 1.92. The summed E-state index contributed by atoms with van der Waals surface area (Å²) in [4.78, 5) is 14.1. The number of hydrogen-bond donors (Lipinski definition) is 2. The fourth-order valence-corrected chi connectivity index (χ4v) is 3.37. The smallest absolute Gasteiger partial charge is 0.274 e. The van der Waals surface area contributed by atoms with Crippen molar-refractivity contribution < 1.29 is 9.90 Å². The molecule has 1 atom stereocenters. The molecule has 1 saturated carbocycles. The number of β-amino-alcohol motifs (C(OH)–C–C–N with tert-alkyl or cyclic N) is 1. The third-order valence-electron chi connectivity index (χ3n) is 4.55. The van der Waals surface area contributed by atoms with Crippen LogP contribution in [-0.4, -0.2) is 45.3 Å². The summed E-state index contributed by atoms with van der Waals surface area (Å²) in [5.41, 5.74) is 1.60. The van der Waals surface area contributed by atoms with Crippen LogP contribution < -0.4 is 0 Å². The minimum Gasteiger partial charge on any atom is -0.391 e. The first kappa shape index (κ1) is 13.6. The highest BCUT2D eigenvalue weighted by Gasteiger charge is 2.26. The fraction of sp³-hybridized carbons (Fsp3) is 0.733. The Labute approximate surface area is 119 Å². The lowest BCUT2D eigenvalue weighted by Gasteiger charge is -2.29. The number of nitrogens with zero attached hydrogens (tertiary/aromatic N) is 2. The van der Waals surface area contributed by atoms with Gasteiger partial charge >= 0.3 is 0 Å². The third-order valence-corrected chi connectivity index (χ3v) is 4.55. The molecule has 1 aliphatic carbocycles. The largest absolute Gasteiger partial charge is 0.391 e. The molecule has 1 aromatic rings. The minimum atomic E-state index is -0.385. The molecule has 20 heavy (non-hydrogen) atoms. The molecule has 1 aromatic heterocycles. The lowest BCUT2D eigenvalue weighted by atomic mass is 9.87. The number of hydrogen-bond acceptors (Lipinski definition) is 3. The number of rotatable bonds is 2. The second kappa shape index (κ2) is 5.95. The molecule has 1 saturated heterocycles. The van der Waals surface area contributed by atoms with Crippen LogP contribution in [0.25, 0.3) is 0 Å². The molecule has 110 valence electrons. The van der Waals surface area contributed by atoms with Crippen LogP contribution in [0, 0.1) is 0 Å². The molecule has 3 rings (SSSR count). The number of likely N-dealkylation sites (tertiary alicyclic amines) is 1. The average Bonchev–Trinajstić information content (AvgIpc) is 2.97. The predicted octanol–water partition coefficient (Wildman–Crippen LogP) is 2.05. The first-order valence-corrected chi connectivity index (χ1v) is 7.76. The van der Waals surface area contributed by atoms with E-state index in [1.54, 1.807) is 4.90 Å². The zero-order valence-corrected chi connectivity index (χ0v) is 11.8. The summed E-state index contributed by atoms with van der Waals surface area (Å²) >= 11 is 0. The van der Waals surface area contributed by atoms with Crippen molar-refractivity contribution in [3.05, 3.63) is 17.5 Å². The van der Waals surface area contributed by atoms with Gasteiger partial charge in [0.1, 0.15) is 5.69 Å². The van der Waals surface area contributed by atoms with Gasteiger partial charge in [0.25, 0.3) is 5.91 Å². The molecule has 2 fully saturated rings. The Morgan fingerprint density at radius 1 is 1.25 bits per heavy atom. The maximum Gasteiger partial charge on any atom is 0.274 e. The van der Waals surface area contributed by atoms with E-state index in [0.29, 0.717) is 18.2 Å². The molecule has 1 unspecified atom stereocenters. The van der Waals surface area contributed by atoms with Crippen molar-refractivity contribution in [2.75, 3.05) is 13.1 Å². The number of piperidine rings is 1. The Hall–Kier alpha value is -1.36. The number of H-pyrrole nitrogens is 1. The van der Waals surface area contributed by atoms with Crippen molar-refractivity contribution in [2.45, 2.75) is 57.0 Å². The Balaban J connectivity index is 1.67. The second-order valence-corrected chi connectivity index (χ2v) is 6.09. The van der Waals surface area contributed by atoms with Crippen molar-refractivity contribution >= 4 is 5.91 Å². The molecule has 5 nitrogen and oxygen atoms in total. The first-order valence-electron chi connectivity index (χ1n) is 7.76. The van der Waals surface area contributed by atoms with Crippen LogP contribution in [0.15, 0.2) is 6.07 Å². The van der Waals surface area contributed by atoms with E-state index in [4.69, 9.17) is 0 Å². The van der Waals surface area contributed by atoms with Crippen molar-refractivity contribution in [1.29, 1.82) is 0 Å². The fourth-order valence-electron chi connectivity index (χ4n) is 3.37. The highest BCUT2D eigenvalue weighted by molar-refractivity contribution is 5.92. The Kier molecular flexibility index (Phi) is 4.05. The van der Waals surface area contributed by atoms with E-state index in [9.17, 15) is 9.90 Å². The van der Waals surface area contributed by atoms with E-state index in [1.165, 1.54) is 32.1 Å². The monoisotopic (exact) mass is 277 g/mol. The lowest BCUT2D eigenvalue weighted by molar-refractivity contribution is 0.0469. The summed E-state index contributed by atoms with van der Waals surface area (Å²) in [6.07, 6.45) is 7.52. The van der Waals surface area contributed by atoms with Crippen LogP contribution in [0.4, 0.5) is 0 Å². The molecule has 0 spiro atoms. The SMILES string of the molecule is O=C(c1cc(C2CCCCC2)[nH]n1)N1CCCC(O)C1. The summed E-state index contributed by atoms with van der Waals surface area (Å²) in [7, 11) is 0. The molecule has 2 N–H and O–H groups in total. The molecule has 0 bridgehead atoms. The Bertz CT molecular complexity index is 465. The van der Waals surface area contributed by atoms with Gasteiger partial charge in [0, 0.05) is 24.7 Å². The maximum absolute atomic E-state index is 12.4. The number of aromatic nitrogens is 2. The van der Waals surface area contributed by atoms with Gasteiger partial charge in [-0.1, -0.05) is 19.3 Å². The normalized spacial score (nSPS) is 24.9. The van der Waals surface area contributed by atoms with Gasteiger partial charge in [-0.3, -0.25) is 9.89 Å². The van der Waals surface area contributed by atoms with E-state index < -0.39 is 0 Å². The number of aliphatic hydroxyl groups is 1. The Morgan fingerprint density at radius 2 is 2.05 bits per heavy atom. The highest BCUT2D eigenvalue weighted by Crippen LogP contribution is 2.31. The maximum atomic E-state index is 12.4. The summed E-state index contributed by atoms with van der Waals surface area (Å²) in [5.74, 6) is 0.479. The first-order chi connectivity index (χ1) is 9.74. The van der Waals surface area contributed by atoms with Crippen LogP contribution in [0.5, 0.6) is 0 Å². The summed E-state index contributed by atoms with van der Waals surface area (Å²) in [6.45, 7) is 1.16. The number of carbonyl (C=O) groups excluding carboxylic acids is 1. The van der Waals surface area contributed by atoms with E-state index >= 15 is 0 Å². The minimum absolute atomic E-state index is 0.0536. The second-order valence-electron chi connectivity index (χ2n) is 6.09. The van der Waals surface area contributed by atoms with Crippen molar-refractivity contribution in [2.24, 2.45) is 0 Å². The topological polar surface area (TPSA) is 69.2 Å². The zero-order chi connectivity index (χ0) is 13.9. The molecule has 1 amide bonds. The van der Waals surface area contributed by atoms with Crippen LogP contribution >= 0.6 is 0 Å². The average molecular weight is 277 g/mol. The summed E-state index contributed by atoms with van der Waals surface area (Å²) < 4.78 is 0. The van der Waals surface area contributed by atoms with Gasteiger partial charge in [-0.15, -0.1) is 0 Å². The highest BCUT2D eigenvalue weighted by atomic mass is 16.3. The van der Waals surface area contributed by atoms with Crippen LogP contribution in [0.2, 0.25) is 0 Å². The van der Waals surface area contributed by atoms with Crippen LogP contribution in [0.3, 0.4) is 0 Å². The van der Waals surface area contributed by atoms with Gasteiger partial charge in [0.15, 0.2) is 0 Å². The molecular weight excluding hydrogens is 254 g/mol. The number of amides is 1. The third kappa shape index (κ3) is 2.87. The van der Waals surface area contributed by atoms with E-state index in [2.05, 4.69) is 10.2 Å². The van der Waals surface area contributed by atoms with Gasteiger partial charge in [-0.05, 0) is 31.7 Å². The molecule has 0 aromatic carbocycles. The number of aliphatic hydroxyl groups excluding tert-OH is 1. The predicted molar refractivity (Wildman–Crippen MR) is 75.6 cm³/mol. The van der Waals surface area contributed by atoms with Gasteiger partial charge in [-0.25, -0.2) is 0 Å². The van der Waals surface area contributed by atoms with Gasteiger partial charge in [0.05, 0.1) is 6.10 Å². The van der Waals surface area contributed by atoms with Crippen molar-refractivity contribution in [1.82, 2.24) is 15.1 Å². The molecule has 0 radical (unpaired) electrons. The number of nitrogens with one attached hydrogen (secondary N) is 1. The standard InChI is InChI=1S/C15H23N3O2/c19-12-7-4-8-18(10-12)15(20)14-9-13(16-17-14)11-5-2-1-3-6-11/h9,11-12,19H,1-8,10H2,(H,16,17).